The molecule has 0 saturated heterocycles. The number of nitrogens with zero attached hydrogens (tertiary/aromatic N) is 2. The molecule has 29 heavy (non-hydrogen) atoms. The molecule has 5 nitrogen and oxygen atoms in total. The maximum atomic E-state index is 13.0. The average Bonchev–Trinajstić information content (AvgIpc) is 3.01. The topological polar surface area (TPSA) is 68.5 Å². The predicted molar refractivity (Wildman–Crippen MR) is 117 cm³/mol. The monoisotopic (exact) mass is 472 g/mol. The summed E-state index contributed by atoms with van der Waals surface area (Å²) in [5, 5.41) is 0.596. The molecule has 0 saturated carbocycles. The minimum atomic E-state index is -3.69. The Labute approximate surface area is 181 Å². The summed E-state index contributed by atoms with van der Waals surface area (Å²) in [7, 11) is -3.69. The van der Waals surface area contributed by atoms with Gasteiger partial charge >= 0.3 is 0 Å². The molecule has 0 unspecified atom stereocenters. The van der Waals surface area contributed by atoms with Crippen molar-refractivity contribution in [2.24, 2.45) is 4.99 Å². The first kappa shape index (κ1) is 22.0. The van der Waals surface area contributed by atoms with Crippen LogP contribution >= 0.6 is 34.7 Å². The molecule has 3 rings (SSSR count). The second-order valence-corrected chi connectivity index (χ2v) is 10.7. The molecule has 154 valence electrons. The van der Waals surface area contributed by atoms with Gasteiger partial charge in [-0.2, -0.15) is 16.8 Å². The number of rotatable bonds is 7. The SMILES string of the molecule is CSCCn1c(=NC(=O)CCS(=O)(=O)c2ccc(F)cc2)sc2cc(Cl)ccc21. The van der Waals surface area contributed by atoms with E-state index in [2.05, 4.69) is 4.99 Å². The van der Waals surface area contributed by atoms with Crippen LogP contribution in [0.15, 0.2) is 52.4 Å². The molecule has 0 fully saturated rings. The van der Waals surface area contributed by atoms with Crippen molar-refractivity contribution in [1.29, 1.82) is 0 Å². The number of carbonyl (C=O) groups excluding carboxylic acids is 1. The Kier molecular flexibility index (Phi) is 7.15. The molecule has 0 radical (unpaired) electrons. The van der Waals surface area contributed by atoms with Crippen LogP contribution in [0.4, 0.5) is 4.39 Å². The van der Waals surface area contributed by atoms with Crippen LogP contribution in [-0.2, 0) is 21.2 Å². The average molecular weight is 473 g/mol. The van der Waals surface area contributed by atoms with E-state index in [4.69, 9.17) is 11.6 Å². The Balaban J connectivity index is 1.84. The zero-order valence-corrected chi connectivity index (χ0v) is 18.7. The highest BCUT2D eigenvalue weighted by atomic mass is 35.5. The summed E-state index contributed by atoms with van der Waals surface area (Å²) in [6, 6.07) is 10.0. The van der Waals surface area contributed by atoms with Gasteiger partial charge in [-0.1, -0.05) is 22.9 Å². The Morgan fingerprint density at radius 2 is 1.97 bits per heavy atom. The summed E-state index contributed by atoms with van der Waals surface area (Å²) in [6.45, 7) is 0.669. The minimum absolute atomic E-state index is 0.0155. The summed E-state index contributed by atoms with van der Waals surface area (Å²) in [5.74, 6) is -0.585. The molecule has 1 amide bonds. The lowest BCUT2D eigenvalue weighted by atomic mass is 10.3. The molecule has 2 aromatic carbocycles. The van der Waals surface area contributed by atoms with Crippen molar-refractivity contribution in [3.05, 3.63) is 58.1 Å². The van der Waals surface area contributed by atoms with Gasteiger partial charge < -0.3 is 4.57 Å². The fraction of sp³-hybridized carbons (Fsp3) is 0.263. The molecule has 0 N–H and O–H groups in total. The van der Waals surface area contributed by atoms with Crippen molar-refractivity contribution >= 4 is 60.7 Å². The van der Waals surface area contributed by atoms with Crippen LogP contribution in [0.2, 0.25) is 5.02 Å². The zero-order valence-electron chi connectivity index (χ0n) is 15.5. The number of fused-ring (bicyclic) bond motifs is 1. The third kappa shape index (κ3) is 5.48. The van der Waals surface area contributed by atoms with E-state index in [1.54, 1.807) is 17.8 Å². The second-order valence-electron chi connectivity index (χ2n) is 6.17. The molecule has 0 bridgehead atoms. The van der Waals surface area contributed by atoms with Crippen molar-refractivity contribution in [2.75, 3.05) is 17.8 Å². The van der Waals surface area contributed by atoms with Gasteiger partial charge in [-0.25, -0.2) is 12.8 Å². The fourth-order valence-corrected chi connectivity index (χ4v) is 5.62. The Morgan fingerprint density at radius 1 is 1.24 bits per heavy atom. The van der Waals surface area contributed by atoms with Gasteiger partial charge in [0.2, 0.25) is 5.91 Å². The smallest absolute Gasteiger partial charge is 0.249 e. The largest absolute Gasteiger partial charge is 0.316 e. The second kappa shape index (κ2) is 9.42. The molecule has 0 aliphatic carbocycles. The molecule has 0 atom stereocenters. The molecule has 0 aliphatic rings. The van der Waals surface area contributed by atoms with E-state index in [0.29, 0.717) is 16.4 Å². The highest BCUT2D eigenvalue weighted by Gasteiger charge is 2.17. The summed E-state index contributed by atoms with van der Waals surface area (Å²) in [6.07, 6.45) is 1.74. The number of amides is 1. The highest BCUT2D eigenvalue weighted by Crippen LogP contribution is 2.22. The molecule has 1 heterocycles. The van der Waals surface area contributed by atoms with E-state index in [1.807, 2.05) is 23.0 Å². The summed E-state index contributed by atoms with van der Waals surface area (Å²) in [5.41, 5.74) is 0.930. The van der Waals surface area contributed by atoms with Gasteiger partial charge in [-0.05, 0) is 48.7 Å². The first-order chi connectivity index (χ1) is 13.8. The van der Waals surface area contributed by atoms with E-state index < -0.39 is 21.6 Å². The van der Waals surface area contributed by atoms with Gasteiger partial charge in [-0.3, -0.25) is 4.79 Å². The summed E-state index contributed by atoms with van der Waals surface area (Å²) in [4.78, 5) is 17.0. The number of aryl methyl sites for hydroxylation is 1. The number of benzene rings is 2. The van der Waals surface area contributed by atoms with E-state index in [0.717, 1.165) is 28.1 Å². The van der Waals surface area contributed by atoms with Crippen LogP contribution in [0, 0.1) is 5.82 Å². The van der Waals surface area contributed by atoms with E-state index in [1.165, 1.54) is 23.5 Å². The van der Waals surface area contributed by atoms with Crippen LogP contribution in [0.25, 0.3) is 10.2 Å². The third-order valence-corrected chi connectivity index (χ3v) is 7.74. The molecule has 3 aromatic rings. The number of sulfone groups is 1. The normalized spacial score (nSPS) is 12.6. The van der Waals surface area contributed by atoms with Crippen LogP contribution in [0.1, 0.15) is 6.42 Å². The van der Waals surface area contributed by atoms with Gasteiger partial charge in [0.1, 0.15) is 5.82 Å². The third-order valence-electron chi connectivity index (χ3n) is 4.14. The van der Waals surface area contributed by atoms with Crippen molar-refractivity contribution in [3.63, 3.8) is 0 Å². The number of hydrogen-bond acceptors (Lipinski definition) is 5. The highest BCUT2D eigenvalue weighted by molar-refractivity contribution is 7.98. The van der Waals surface area contributed by atoms with Crippen LogP contribution < -0.4 is 4.80 Å². The first-order valence-electron chi connectivity index (χ1n) is 8.64. The molecular formula is C19H18ClFN2O3S3. The predicted octanol–water partition coefficient (Wildman–Crippen LogP) is 4.15. The van der Waals surface area contributed by atoms with Gasteiger partial charge in [0.05, 0.1) is 20.9 Å². The minimum Gasteiger partial charge on any atom is -0.316 e. The lowest BCUT2D eigenvalue weighted by Gasteiger charge is -2.04. The summed E-state index contributed by atoms with van der Waals surface area (Å²) < 4.78 is 40.5. The molecule has 0 spiro atoms. The Morgan fingerprint density at radius 3 is 2.66 bits per heavy atom. The van der Waals surface area contributed by atoms with Gasteiger partial charge in [0.15, 0.2) is 14.6 Å². The lowest BCUT2D eigenvalue weighted by molar-refractivity contribution is -0.117. The molecule has 10 heteroatoms. The van der Waals surface area contributed by atoms with Gasteiger partial charge in [0, 0.05) is 23.7 Å². The van der Waals surface area contributed by atoms with E-state index in [-0.39, 0.29) is 17.1 Å². The lowest BCUT2D eigenvalue weighted by Crippen LogP contribution is -2.19. The maximum Gasteiger partial charge on any atom is 0.249 e. The van der Waals surface area contributed by atoms with Crippen molar-refractivity contribution in [3.8, 4) is 0 Å². The van der Waals surface area contributed by atoms with Crippen molar-refractivity contribution in [1.82, 2.24) is 4.57 Å². The first-order valence-corrected chi connectivity index (χ1v) is 12.9. The maximum absolute atomic E-state index is 13.0. The van der Waals surface area contributed by atoms with Gasteiger partial charge in [-0.15, -0.1) is 0 Å². The fourth-order valence-electron chi connectivity index (χ4n) is 2.68. The van der Waals surface area contributed by atoms with Crippen molar-refractivity contribution in [2.45, 2.75) is 17.9 Å². The summed E-state index contributed by atoms with van der Waals surface area (Å²) >= 11 is 9.08. The number of halogens is 2. The number of thioether (sulfide) groups is 1. The zero-order chi connectivity index (χ0) is 21.0. The van der Waals surface area contributed by atoms with Crippen molar-refractivity contribution < 1.29 is 17.6 Å². The molecular weight excluding hydrogens is 455 g/mol. The number of thiazole rings is 1. The molecule has 1 aromatic heterocycles. The number of hydrogen-bond donors (Lipinski definition) is 0. The standard InChI is InChI=1S/C19H18ClFN2O3S3/c1-27-10-9-23-16-7-2-13(20)12-17(16)28-19(23)22-18(24)8-11-29(25,26)15-5-3-14(21)4-6-15/h2-7,12H,8-11H2,1H3. The Hall–Kier alpha value is -1.68. The van der Waals surface area contributed by atoms with E-state index in [9.17, 15) is 17.6 Å². The van der Waals surface area contributed by atoms with Crippen LogP contribution in [0.5, 0.6) is 0 Å². The number of aromatic nitrogens is 1. The molecule has 0 aliphatic heterocycles. The van der Waals surface area contributed by atoms with Crippen LogP contribution in [-0.4, -0.2) is 36.7 Å². The van der Waals surface area contributed by atoms with Gasteiger partial charge in [0.25, 0.3) is 0 Å². The Bertz CT molecular complexity index is 1200. The quantitative estimate of drug-likeness (QED) is 0.484. The number of carbonyl (C=O) groups is 1. The van der Waals surface area contributed by atoms with E-state index >= 15 is 0 Å². The van der Waals surface area contributed by atoms with Crippen LogP contribution in [0.3, 0.4) is 0 Å².